The smallest absolute Gasteiger partial charge is 0.157 e. The monoisotopic (exact) mass is 216 g/mol. The second kappa shape index (κ2) is 7.24. The molecular weight excluding hydrogens is 188 g/mol. The molecule has 0 saturated heterocycles. The summed E-state index contributed by atoms with van der Waals surface area (Å²) in [4.78, 5) is 0. The molecule has 0 aliphatic rings. The maximum absolute atomic E-state index is 5.55. The highest BCUT2D eigenvalue weighted by molar-refractivity contribution is 4.67. The van der Waals surface area contributed by atoms with Crippen LogP contribution in [-0.2, 0) is 9.47 Å². The molecule has 0 radical (unpaired) electrons. The fraction of sp³-hybridized carbons (Fsp3) is 1.00. The highest BCUT2D eigenvalue weighted by atomic mass is 16.7. The van der Waals surface area contributed by atoms with E-state index in [-0.39, 0.29) is 6.29 Å². The molecule has 0 spiro atoms. The number of rotatable bonds is 7. The third-order valence-electron chi connectivity index (χ3n) is 2.26. The van der Waals surface area contributed by atoms with Crippen molar-refractivity contribution in [3.8, 4) is 0 Å². The second-order valence-corrected chi connectivity index (χ2v) is 5.45. The molecule has 0 amide bonds. The Bertz CT molecular complexity index is 143. The molecule has 2 nitrogen and oxygen atoms in total. The first-order valence-corrected chi connectivity index (χ1v) is 6.12. The van der Waals surface area contributed by atoms with Crippen LogP contribution in [0.3, 0.4) is 0 Å². The van der Waals surface area contributed by atoms with E-state index in [4.69, 9.17) is 9.47 Å². The van der Waals surface area contributed by atoms with Crippen molar-refractivity contribution in [3.63, 3.8) is 0 Å². The summed E-state index contributed by atoms with van der Waals surface area (Å²) in [7, 11) is 0. The van der Waals surface area contributed by atoms with Crippen LogP contribution in [-0.4, -0.2) is 19.5 Å². The minimum Gasteiger partial charge on any atom is -0.353 e. The predicted molar refractivity (Wildman–Crippen MR) is 64.9 cm³/mol. The molecule has 92 valence electrons. The normalized spacial score (nSPS) is 14.6. The Morgan fingerprint density at radius 1 is 1.00 bits per heavy atom. The zero-order valence-electron chi connectivity index (χ0n) is 11.3. The first kappa shape index (κ1) is 14.9. The van der Waals surface area contributed by atoms with E-state index in [0.29, 0.717) is 11.3 Å². The zero-order chi connectivity index (χ0) is 11.9. The van der Waals surface area contributed by atoms with E-state index >= 15 is 0 Å². The summed E-state index contributed by atoms with van der Waals surface area (Å²) >= 11 is 0. The van der Waals surface area contributed by atoms with Gasteiger partial charge in [0.1, 0.15) is 0 Å². The molecule has 0 aliphatic carbocycles. The molecule has 0 saturated carbocycles. The van der Waals surface area contributed by atoms with Gasteiger partial charge in [0.25, 0.3) is 0 Å². The first-order chi connectivity index (χ1) is 6.89. The minimum absolute atomic E-state index is 0.0163. The van der Waals surface area contributed by atoms with Gasteiger partial charge in [-0.25, -0.2) is 0 Å². The first-order valence-electron chi connectivity index (χ1n) is 6.12. The van der Waals surface area contributed by atoms with Crippen LogP contribution in [0.15, 0.2) is 0 Å². The van der Waals surface area contributed by atoms with Crippen LogP contribution in [0.1, 0.15) is 54.4 Å². The van der Waals surface area contributed by atoms with E-state index in [2.05, 4.69) is 27.7 Å². The molecule has 0 aliphatic heterocycles. The molecule has 0 fully saturated rings. The van der Waals surface area contributed by atoms with Gasteiger partial charge in [0, 0.05) is 19.6 Å². The van der Waals surface area contributed by atoms with Gasteiger partial charge >= 0.3 is 0 Å². The average Bonchev–Trinajstić information content (AvgIpc) is 2.00. The van der Waals surface area contributed by atoms with Crippen molar-refractivity contribution < 1.29 is 9.47 Å². The number of ether oxygens (including phenoxy) is 2. The van der Waals surface area contributed by atoms with Crippen LogP contribution in [0.4, 0.5) is 0 Å². The van der Waals surface area contributed by atoms with Gasteiger partial charge < -0.3 is 9.47 Å². The van der Waals surface area contributed by atoms with Gasteiger partial charge in [0.2, 0.25) is 0 Å². The Labute approximate surface area is 95.3 Å². The fourth-order valence-electron chi connectivity index (χ4n) is 2.01. The summed E-state index contributed by atoms with van der Waals surface area (Å²) < 4.78 is 11.1. The molecule has 0 bridgehead atoms. The van der Waals surface area contributed by atoms with Crippen molar-refractivity contribution in [3.05, 3.63) is 0 Å². The molecule has 0 aromatic heterocycles. The van der Waals surface area contributed by atoms with Crippen LogP contribution in [0.25, 0.3) is 0 Å². The fourth-order valence-corrected chi connectivity index (χ4v) is 2.01. The Kier molecular flexibility index (Phi) is 7.20. The van der Waals surface area contributed by atoms with Crippen molar-refractivity contribution >= 4 is 0 Å². The lowest BCUT2D eigenvalue weighted by molar-refractivity contribution is -0.146. The van der Waals surface area contributed by atoms with Crippen LogP contribution < -0.4 is 0 Å². The summed E-state index contributed by atoms with van der Waals surface area (Å²) in [5, 5.41) is 0. The van der Waals surface area contributed by atoms with Gasteiger partial charge in [-0.15, -0.1) is 0 Å². The molecule has 0 N–H and O–H groups in total. The number of hydrogen-bond acceptors (Lipinski definition) is 2. The maximum atomic E-state index is 5.55. The van der Waals surface area contributed by atoms with Crippen LogP contribution >= 0.6 is 0 Å². The average molecular weight is 216 g/mol. The highest BCUT2D eigenvalue weighted by Crippen LogP contribution is 2.27. The van der Waals surface area contributed by atoms with Crippen molar-refractivity contribution in [1.82, 2.24) is 0 Å². The maximum Gasteiger partial charge on any atom is 0.157 e. The van der Waals surface area contributed by atoms with Crippen molar-refractivity contribution in [2.24, 2.45) is 11.3 Å². The molecule has 0 heterocycles. The van der Waals surface area contributed by atoms with Crippen LogP contribution in [0.2, 0.25) is 0 Å². The molecule has 15 heavy (non-hydrogen) atoms. The molecule has 0 rings (SSSR count). The van der Waals surface area contributed by atoms with Crippen LogP contribution in [0.5, 0.6) is 0 Å². The summed E-state index contributed by atoms with van der Waals surface area (Å²) in [6.45, 7) is 14.6. The van der Waals surface area contributed by atoms with Gasteiger partial charge in [-0.1, -0.05) is 27.7 Å². The van der Waals surface area contributed by atoms with Crippen molar-refractivity contribution in [2.75, 3.05) is 13.2 Å². The molecule has 1 unspecified atom stereocenters. The Morgan fingerprint density at radius 2 is 1.47 bits per heavy atom. The lowest BCUT2D eigenvalue weighted by Gasteiger charge is -2.26. The van der Waals surface area contributed by atoms with Gasteiger partial charge in [-0.3, -0.25) is 0 Å². The van der Waals surface area contributed by atoms with Gasteiger partial charge in [0.15, 0.2) is 6.29 Å². The van der Waals surface area contributed by atoms with Gasteiger partial charge in [-0.2, -0.15) is 0 Å². The quantitative estimate of drug-likeness (QED) is 0.602. The largest absolute Gasteiger partial charge is 0.353 e. The van der Waals surface area contributed by atoms with E-state index < -0.39 is 0 Å². The number of hydrogen-bond donors (Lipinski definition) is 0. The van der Waals surface area contributed by atoms with E-state index in [1.807, 2.05) is 13.8 Å². The molecule has 0 aromatic rings. The second-order valence-electron chi connectivity index (χ2n) is 5.45. The Morgan fingerprint density at radius 3 is 1.80 bits per heavy atom. The van der Waals surface area contributed by atoms with Crippen LogP contribution in [0, 0.1) is 11.3 Å². The third-order valence-corrected chi connectivity index (χ3v) is 2.26. The zero-order valence-corrected chi connectivity index (χ0v) is 11.3. The lowest BCUT2D eigenvalue weighted by atomic mass is 9.84. The van der Waals surface area contributed by atoms with Gasteiger partial charge in [-0.05, 0) is 31.6 Å². The predicted octanol–water partition coefficient (Wildman–Crippen LogP) is 3.85. The Balaban J connectivity index is 3.93. The summed E-state index contributed by atoms with van der Waals surface area (Å²) in [5.41, 5.74) is 0.391. The van der Waals surface area contributed by atoms with Crippen molar-refractivity contribution in [1.29, 1.82) is 0 Å². The Hall–Kier alpha value is -0.0800. The summed E-state index contributed by atoms with van der Waals surface area (Å²) in [5.74, 6) is 0.646. The van der Waals surface area contributed by atoms with E-state index in [0.717, 1.165) is 19.6 Å². The third kappa shape index (κ3) is 8.88. The van der Waals surface area contributed by atoms with E-state index in [1.54, 1.807) is 0 Å². The summed E-state index contributed by atoms with van der Waals surface area (Å²) in [6, 6.07) is 0. The van der Waals surface area contributed by atoms with E-state index in [9.17, 15) is 0 Å². The standard InChI is InChI=1S/C13H28O2/c1-7-14-12(15-8-2)9-11(3)10-13(4,5)6/h11-12H,7-10H2,1-6H3. The van der Waals surface area contributed by atoms with Crippen molar-refractivity contribution in [2.45, 2.75) is 60.7 Å². The lowest BCUT2D eigenvalue weighted by Crippen LogP contribution is -2.22. The minimum atomic E-state index is -0.0163. The molecule has 2 heteroatoms. The highest BCUT2D eigenvalue weighted by Gasteiger charge is 2.19. The summed E-state index contributed by atoms with van der Waals surface area (Å²) in [6.07, 6.45) is 2.19. The molecular formula is C13H28O2. The SMILES string of the molecule is CCOC(CC(C)CC(C)(C)C)OCC. The molecule has 1 atom stereocenters. The van der Waals surface area contributed by atoms with E-state index in [1.165, 1.54) is 6.42 Å². The molecule has 0 aromatic carbocycles. The van der Waals surface area contributed by atoms with Gasteiger partial charge in [0.05, 0.1) is 0 Å². The topological polar surface area (TPSA) is 18.5 Å².